The molecule has 6 rings (SSSR count). The highest BCUT2D eigenvalue weighted by Crippen LogP contribution is 2.52. The maximum atomic E-state index is 9.61. The number of fused-ring (bicyclic) bond motifs is 4. The number of nitrogens with zero attached hydrogens (tertiary/aromatic N) is 5. The molecule has 1 aliphatic rings. The molecule has 0 amide bonds. The Morgan fingerprint density at radius 2 is 1.54 bits per heavy atom. The summed E-state index contributed by atoms with van der Waals surface area (Å²) >= 11 is 0. The van der Waals surface area contributed by atoms with E-state index in [0.29, 0.717) is 0 Å². The van der Waals surface area contributed by atoms with Crippen LogP contribution in [0.25, 0.3) is 21.8 Å². The van der Waals surface area contributed by atoms with Crippen LogP contribution < -0.4 is 9.80 Å². The van der Waals surface area contributed by atoms with Crippen molar-refractivity contribution in [3.8, 4) is 6.07 Å². The molecule has 3 heterocycles. The molecule has 0 aliphatic carbocycles. The first-order chi connectivity index (χ1) is 17.0. The fourth-order valence-electron chi connectivity index (χ4n) is 5.03. The van der Waals surface area contributed by atoms with E-state index in [2.05, 4.69) is 77.5 Å². The maximum absolute atomic E-state index is 9.61. The molecule has 5 aromatic rings. The molecule has 3 aromatic carbocycles. The van der Waals surface area contributed by atoms with Crippen LogP contribution in [0.5, 0.6) is 0 Å². The van der Waals surface area contributed by atoms with Gasteiger partial charge in [0.1, 0.15) is 6.17 Å². The Morgan fingerprint density at radius 1 is 0.857 bits per heavy atom. The number of hydrogen-bond acceptors (Lipinski definition) is 5. The van der Waals surface area contributed by atoms with Gasteiger partial charge in [-0.1, -0.05) is 48.5 Å². The lowest BCUT2D eigenvalue weighted by atomic mass is 9.86. The van der Waals surface area contributed by atoms with E-state index in [-0.39, 0.29) is 6.17 Å². The van der Waals surface area contributed by atoms with Crippen molar-refractivity contribution in [2.45, 2.75) is 25.4 Å². The van der Waals surface area contributed by atoms with Crippen LogP contribution >= 0.6 is 0 Å². The predicted molar refractivity (Wildman–Crippen MR) is 142 cm³/mol. The summed E-state index contributed by atoms with van der Waals surface area (Å²) in [6, 6.07) is 29.5. The van der Waals surface area contributed by atoms with Gasteiger partial charge >= 0.3 is 0 Å². The van der Waals surface area contributed by atoms with E-state index in [0.717, 1.165) is 50.0 Å². The van der Waals surface area contributed by atoms with Crippen molar-refractivity contribution >= 4 is 38.9 Å². The van der Waals surface area contributed by atoms with Crippen molar-refractivity contribution in [1.82, 2.24) is 9.97 Å². The van der Waals surface area contributed by atoms with Crippen LogP contribution in [0, 0.1) is 11.3 Å². The van der Waals surface area contributed by atoms with Crippen LogP contribution in [-0.2, 0) is 5.41 Å². The minimum absolute atomic E-state index is 0.0930. The summed E-state index contributed by atoms with van der Waals surface area (Å²) in [5, 5.41) is 11.8. The minimum Gasteiger partial charge on any atom is -0.347 e. The van der Waals surface area contributed by atoms with Crippen LogP contribution in [0.1, 0.15) is 31.1 Å². The maximum Gasteiger partial charge on any atom is 0.134 e. The molecule has 170 valence electrons. The quantitative estimate of drug-likeness (QED) is 0.297. The van der Waals surface area contributed by atoms with E-state index in [1.165, 1.54) is 0 Å². The average Bonchev–Trinajstić information content (AvgIpc) is 3.21. The lowest BCUT2D eigenvalue weighted by molar-refractivity contribution is 0.685. The number of para-hydroxylation sites is 2. The topological polar surface area (TPSA) is 56.1 Å². The summed E-state index contributed by atoms with van der Waals surface area (Å²) in [7, 11) is 2.11. The monoisotopic (exact) mass is 455 g/mol. The third-order valence-corrected chi connectivity index (χ3v) is 7.02. The molecule has 1 unspecified atom stereocenters. The lowest BCUT2D eigenvalue weighted by Gasteiger charge is -2.32. The molecule has 5 heteroatoms. The fourth-order valence-corrected chi connectivity index (χ4v) is 5.03. The van der Waals surface area contributed by atoms with Crippen molar-refractivity contribution in [2.24, 2.45) is 0 Å². The lowest BCUT2D eigenvalue weighted by Crippen LogP contribution is -2.30. The van der Waals surface area contributed by atoms with Crippen LogP contribution in [0.2, 0.25) is 0 Å². The molecule has 0 saturated heterocycles. The second kappa shape index (κ2) is 7.82. The molecule has 1 atom stereocenters. The average molecular weight is 456 g/mol. The van der Waals surface area contributed by atoms with Crippen molar-refractivity contribution in [1.29, 1.82) is 5.26 Å². The fraction of sp³-hybridized carbons (Fsp3) is 0.167. The number of anilines is 3. The standard InChI is InChI=1S/C30H25N5/c1-30(2,19-31)22-12-14-23(15-13-22)35-28-24-9-5-7-11-26(24)33-18-27(28)34(3)29(35)21-16-20-8-4-6-10-25(20)32-17-21/h4-18,29H,1-3H3. The summed E-state index contributed by atoms with van der Waals surface area (Å²) in [4.78, 5) is 14.2. The van der Waals surface area contributed by atoms with Gasteiger partial charge in [0, 0.05) is 35.3 Å². The summed E-state index contributed by atoms with van der Waals surface area (Å²) in [6.07, 6.45) is 3.85. The highest BCUT2D eigenvalue weighted by atomic mass is 15.4. The SMILES string of the molecule is CN1c2cnc3ccccc3c2N(c2ccc(C(C)(C)C#N)cc2)C1c1cnc2ccccc2c1. The number of hydrogen-bond donors (Lipinski definition) is 0. The highest BCUT2D eigenvalue weighted by molar-refractivity contribution is 6.03. The second-order valence-corrected chi connectivity index (χ2v) is 9.61. The molecule has 35 heavy (non-hydrogen) atoms. The van der Waals surface area contributed by atoms with Gasteiger partial charge in [-0.2, -0.15) is 5.26 Å². The number of pyridine rings is 2. The van der Waals surface area contributed by atoms with Crippen LogP contribution in [0.3, 0.4) is 0 Å². The zero-order valence-corrected chi connectivity index (χ0v) is 20.0. The Hall–Kier alpha value is -4.43. The molecule has 0 saturated carbocycles. The molecular formula is C30H25N5. The molecule has 0 spiro atoms. The van der Waals surface area contributed by atoms with Gasteiger partial charge in [-0.25, -0.2) is 0 Å². The molecular weight excluding hydrogens is 430 g/mol. The summed E-state index contributed by atoms with van der Waals surface area (Å²) in [5.74, 6) is 0. The second-order valence-electron chi connectivity index (χ2n) is 9.61. The van der Waals surface area contributed by atoms with E-state index in [4.69, 9.17) is 9.97 Å². The normalized spacial score (nSPS) is 15.4. The van der Waals surface area contributed by atoms with Gasteiger partial charge in [-0.05, 0) is 49.7 Å². The molecule has 0 radical (unpaired) electrons. The van der Waals surface area contributed by atoms with Crippen molar-refractivity contribution in [3.05, 3.63) is 102 Å². The molecule has 0 fully saturated rings. The summed E-state index contributed by atoms with van der Waals surface area (Å²) in [6.45, 7) is 3.90. The molecule has 0 bridgehead atoms. The van der Waals surface area contributed by atoms with Gasteiger partial charge in [0.2, 0.25) is 0 Å². The first-order valence-electron chi connectivity index (χ1n) is 11.7. The van der Waals surface area contributed by atoms with Crippen LogP contribution in [0.15, 0.2) is 91.3 Å². The highest BCUT2D eigenvalue weighted by Gasteiger charge is 2.38. The Morgan fingerprint density at radius 3 is 2.31 bits per heavy atom. The molecule has 5 nitrogen and oxygen atoms in total. The number of rotatable bonds is 3. The van der Waals surface area contributed by atoms with Gasteiger partial charge in [0.05, 0.1) is 40.1 Å². The summed E-state index contributed by atoms with van der Waals surface area (Å²) < 4.78 is 0. The van der Waals surface area contributed by atoms with E-state index in [1.54, 1.807) is 0 Å². The van der Waals surface area contributed by atoms with Gasteiger partial charge in [0.25, 0.3) is 0 Å². The molecule has 1 aliphatic heterocycles. The first-order valence-corrected chi connectivity index (χ1v) is 11.7. The van der Waals surface area contributed by atoms with E-state index >= 15 is 0 Å². The number of benzene rings is 3. The minimum atomic E-state index is -0.545. The van der Waals surface area contributed by atoms with Gasteiger partial charge < -0.3 is 9.80 Å². The zero-order chi connectivity index (χ0) is 24.2. The first kappa shape index (κ1) is 21.1. The Kier molecular flexibility index (Phi) is 4.72. The smallest absolute Gasteiger partial charge is 0.134 e. The van der Waals surface area contributed by atoms with Crippen LogP contribution in [-0.4, -0.2) is 17.0 Å². The van der Waals surface area contributed by atoms with Crippen LogP contribution in [0.4, 0.5) is 17.1 Å². The van der Waals surface area contributed by atoms with Crippen molar-refractivity contribution in [3.63, 3.8) is 0 Å². The Bertz CT molecular complexity index is 1610. The largest absolute Gasteiger partial charge is 0.347 e. The Balaban J connectivity index is 1.57. The van der Waals surface area contributed by atoms with E-state index in [1.807, 2.05) is 50.5 Å². The van der Waals surface area contributed by atoms with E-state index < -0.39 is 5.41 Å². The van der Waals surface area contributed by atoms with Crippen molar-refractivity contribution in [2.75, 3.05) is 16.8 Å². The number of nitriles is 1. The Labute approximate surface area is 204 Å². The van der Waals surface area contributed by atoms with Crippen molar-refractivity contribution < 1.29 is 0 Å². The van der Waals surface area contributed by atoms with E-state index in [9.17, 15) is 5.26 Å². The summed E-state index contributed by atoms with van der Waals surface area (Å²) in [5.41, 5.74) is 6.76. The third kappa shape index (κ3) is 3.30. The molecule has 0 N–H and O–H groups in total. The van der Waals surface area contributed by atoms with Gasteiger partial charge in [-0.15, -0.1) is 0 Å². The number of aromatic nitrogens is 2. The zero-order valence-electron chi connectivity index (χ0n) is 20.0. The molecule has 2 aromatic heterocycles. The van der Waals surface area contributed by atoms with Gasteiger partial charge in [-0.3, -0.25) is 9.97 Å². The third-order valence-electron chi connectivity index (χ3n) is 7.02. The van der Waals surface area contributed by atoms with Gasteiger partial charge in [0.15, 0.2) is 0 Å². The predicted octanol–water partition coefficient (Wildman–Crippen LogP) is 6.87.